The van der Waals surface area contributed by atoms with Crippen LogP contribution >= 0.6 is 0 Å². The summed E-state index contributed by atoms with van der Waals surface area (Å²) in [5.74, 6) is 1.09. The first-order chi connectivity index (χ1) is 10.7. The van der Waals surface area contributed by atoms with Gasteiger partial charge in [-0.15, -0.1) is 0 Å². The molecule has 2 aromatic carbocycles. The van der Waals surface area contributed by atoms with Crippen molar-refractivity contribution < 1.29 is 14.2 Å². The highest BCUT2D eigenvalue weighted by molar-refractivity contribution is 5.78. The predicted molar refractivity (Wildman–Crippen MR) is 83.3 cm³/mol. The molecule has 0 spiro atoms. The lowest BCUT2D eigenvalue weighted by atomic mass is 9.90. The Morgan fingerprint density at radius 1 is 1.00 bits per heavy atom. The van der Waals surface area contributed by atoms with E-state index in [0.717, 1.165) is 37.1 Å². The summed E-state index contributed by atoms with van der Waals surface area (Å²) in [6.45, 7) is 0. The van der Waals surface area contributed by atoms with Crippen molar-refractivity contribution in [1.29, 1.82) is 0 Å². The van der Waals surface area contributed by atoms with Crippen LogP contribution in [0.5, 0.6) is 11.5 Å². The molecule has 1 saturated carbocycles. The summed E-state index contributed by atoms with van der Waals surface area (Å²) in [4.78, 5) is 2.06. The number of aliphatic hydroxyl groups is 1. The summed E-state index contributed by atoms with van der Waals surface area (Å²) in [5.41, 5.74) is 1.59. The Hall–Kier alpha value is -2.07. The van der Waals surface area contributed by atoms with E-state index < -0.39 is 6.10 Å². The smallest absolute Gasteiger partial charge is 0.151 e. The maximum atomic E-state index is 13.8. The van der Waals surface area contributed by atoms with Crippen molar-refractivity contribution in [3.05, 3.63) is 48.3 Å². The Morgan fingerprint density at radius 3 is 2.64 bits per heavy atom. The Kier molecular flexibility index (Phi) is 3.26. The molecule has 0 bridgehead atoms. The van der Waals surface area contributed by atoms with Gasteiger partial charge in [0.05, 0.1) is 23.5 Å². The van der Waals surface area contributed by atoms with E-state index in [4.69, 9.17) is 4.74 Å². The molecule has 1 fully saturated rings. The van der Waals surface area contributed by atoms with Crippen LogP contribution in [0.2, 0.25) is 0 Å². The van der Waals surface area contributed by atoms with Gasteiger partial charge < -0.3 is 14.7 Å². The van der Waals surface area contributed by atoms with Gasteiger partial charge in [0, 0.05) is 6.07 Å². The summed E-state index contributed by atoms with van der Waals surface area (Å²) >= 11 is 0. The SMILES string of the molecule is OC1CCCC[C@@H]1N1c2ccccc2Oc2ccc(F)cc21. The minimum Gasteiger partial charge on any atom is -0.453 e. The fourth-order valence-electron chi connectivity index (χ4n) is 3.51. The van der Waals surface area contributed by atoms with Gasteiger partial charge >= 0.3 is 0 Å². The van der Waals surface area contributed by atoms with Gasteiger partial charge in [-0.3, -0.25) is 0 Å². The minimum atomic E-state index is -0.406. The van der Waals surface area contributed by atoms with Gasteiger partial charge in [-0.05, 0) is 37.1 Å². The molecule has 3 nitrogen and oxygen atoms in total. The Morgan fingerprint density at radius 2 is 1.77 bits per heavy atom. The van der Waals surface area contributed by atoms with Crippen molar-refractivity contribution in [3.8, 4) is 11.5 Å². The van der Waals surface area contributed by atoms with Crippen LogP contribution in [-0.2, 0) is 0 Å². The Balaban J connectivity index is 1.86. The molecule has 1 aliphatic carbocycles. The number of hydrogen-bond donors (Lipinski definition) is 1. The molecule has 2 aliphatic rings. The molecule has 2 aromatic rings. The molecule has 0 radical (unpaired) electrons. The number of fused-ring (bicyclic) bond motifs is 2. The lowest BCUT2D eigenvalue weighted by molar-refractivity contribution is 0.107. The molecule has 0 amide bonds. The fourth-order valence-corrected chi connectivity index (χ4v) is 3.51. The molecular weight excluding hydrogens is 281 g/mol. The molecule has 1 heterocycles. The summed E-state index contributed by atoms with van der Waals surface area (Å²) < 4.78 is 19.7. The average molecular weight is 299 g/mol. The van der Waals surface area contributed by atoms with Crippen LogP contribution in [0.1, 0.15) is 25.7 Å². The first-order valence-corrected chi connectivity index (χ1v) is 7.78. The normalized spacial score (nSPS) is 23.5. The molecule has 114 valence electrons. The maximum Gasteiger partial charge on any atom is 0.151 e. The third kappa shape index (κ3) is 2.15. The molecular formula is C18H18FNO2. The van der Waals surface area contributed by atoms with Gasteiger partial charge in [0.25, 0.3) is 0 Å². The Labute approximate surface area is 128 Å². The second kappa shape index (κ2) is 5.29. The van der Waals surface area contributed by atoms with Crippen LogP contribution < -0.4 is 9.64 Å². The number of rotatable bonds is 1. The van der Waals surface area contributed by atoms with Crippen molar-refractivity contribution in [2.45, 2.75) is 37.8 Å². The molecule has 1 unspecified atom stereocenters. The molecule has 2 atom stereocenters. The fraction of sp³-hybridized carbons (Fsp3) is 0.333. The molecule has 0 saturated heterocycles. The average Bonchev–Trinajstić information content (AvgIpc) is 2.54. The molecule has 4 heteroatoms. The third-order valence-electron chi connectivity index (χ3n) is 4.55. The van der Waals surface area contributed by atoms with Gasteiger partial charge in [0.1, 0.15) is 5.82 Å². The van der Waals surface area contributed by atoms with Gasteiger partial charge in [-0.2, -0.15) is 0 Å². The largest absolute Gasteiger partial charge is 0.453 e. The zero-order valence-electron chi connectivity index (χ0n) is 12.2. The number of benzene rings is 2. The zero-order valence-corrected chi connectivity index (χ0v) is 12.2. The lowest BCUT2D eigenvalue weighted by Crippen LogP contribution is -2.44. The molecule has 1 N–H and O–H groups in total. The van der Waals surface area contributed by atoms with E-state index in [2.05, 4.69) is 4.90 Å². The van der Waals surface area contributed by atoms with E-state index in [1.807, 2.05) is 24.3 Å². The molecule has 22 heavy (non-hydrogen) atoms. The van der Waals surface area contributed by atoms with Crippen LogP contribution in [-0.4, -0.2) is 17.3 Å². The standard InChI is InChI=1S/C18H18FNO2/c19-12-9-10-18-15(11-12)20(13-5-1-3-7-16(13)21)14-6-2-4-8-17(14)22-18/h2,4,6,8-11,13,16,21H,1,3,5,7H2/t13-,16?/m0/s1. The molecule has 0 aromatic heterocycles. The van der Waals surface area contributed by atoms with Crippen LogP contribution in [0.15, 0.2) is 42.5 Å². The predicted octanol–water partition coefficient (Wildman–Crippen LogP) is 4.37. The van der Waals surface area contributed by atoms with E-state index in [1.165, 1.54) is 12.1 Å². The lowest BCUT2D eigenvalue weighted by Gasteiger charge is -2.42. The van der Waals surface area contributed by atoms with Crippen LogP contribution in [0.25, 0.3) is 0 Å². The van der Waals surface area contributed by atoms with E-state index in [0.29, 0.717) is 11.4 Å². The van der Waals surface area contributed by atoms with Crippen LogP contribution in [0.4, 0.5) is 15.8 Å². The van der Waals surface area contributed by atoms with Crippen molar-refractivity contribution in [1.82, 2.24) is 0 Å². The van der Waals surface area contributed by atoms with Crippen molar-refractivity contribution in [3.63, 3.8) is 0 Å². The van der Waals surface area contributed by atoms with Crippen molar-refractivity contribution >= 4 is 11.4 Å². The summed E-state index contributed by atoms with van der Waals surface area (Å²) in [6, 6.07) is 12.2. The number of nitrogens with zero attached hydrogens (tertiary/aromatic N) is 1. The number of para-hydroxylation sites is 2. The monoisotopic (exact) mass is 299 g/mol. The van der Waals surface area contributed by atoms with E-state index in [9.17, 15) is 9.50 Å². The number of hydrogen-bond acceptors (Lipinski definition) is 3. The molecule has 1 aliphatic heterocycles. The van der Waals surface area contributed by atoms with Crippen LogP contribution in [0, 0.1) is 5.82 Å². The summed E-state index contributed by atoms with van der Waals surface area (Å²) in [5, 5.41) is 10.5. The zero-order chi connectivity index (χ0) is 15.1. The van der Waals surface area contributed by atoms with Crippen molar-refractivity contribution in [2.75, 3.05) is 4.90 Å². The highest BCUT2D eigenvalue weighted by Crippen LogP contribution is 2.49. The van der Waals surface area contributed by atoms with Crippen LogP contribution in [0.3, 0.4) is 0 Å². The van der Waals surface area contributed by atoms with E-state index in [-0.39, 0.29) is 11.9 Å². The van der Waals surface area contributed by atoms with Gasteiger partial charge in [-0.1, -0.05) is 25.0 Å². The van der Waals surface area contributed by atoms with E-state index in [1.54, 1.807) is 6.07 Å². The first kappa shape index (κ1) is 13.6. The van der Waals surface area contributed by atoms with Gasteiger partial charge in [0.15, 0.2) is 11.5 Å². The topological polar surface area (TPSA) is 32.7 Å². The Bertz CT molecular complexity index is 703. The molecule has 4 rings (SSSR count). The highest BCUT2D eigenvalue weighted by atomic mass is 19.1. The minimum absolute atomic E-state index is 0.0423. The van der Waals surface area contributed by atoms with E-state index >= 15 is 0 Å². The summed E-state index contributed by atoms with van der Waals surface area (Å²) in [6.07, 6.45) is 3.39. The summed E-state index contributed by atoms with van der Waals surface area (Å²) in [7, 11) is 0. The second-order valence-corrected chi connectivity index (χ2v) is 5.97. The highest BCUT2D eigenvalue weighted by Gasteiger charge is 2.35. The van der Waals surface area contributed by atoms with Gasteiger partial charge in [-0.25, -0.2) is 4.39 Å². The number of anilines is 2. The van der Waals surface area contributed by atoms with Crippen molar-refractivity contribution in [2.24, 2.45) is 0 Å². The number of aliphatic hydroxyl groups excluding tert-OH is 1. The quantitative estimate of drug-likeness (QED) is 0.848. The maximum absolute atomic E-state index is 13.8. The number of halogens is 1. The number of ether oxygens (including phenoxy) is 1. The van der Waals surface area contributed by atoms with Gasteiger partial charge in [0.2, 0.25) is 0 Å². The first-order valence-electron chi connectivity index (χ1n) is 7.78. The second-order valence-electron chi connectivity index (χ2n) is 5.97. The third-order valence-corrected chi connectivity index (χ3v) is 4.55.